The van der Waals surface area contributed by atoms with Crippen molar-refractivity contribution in [1.82, 2.24) is 0 Å². The van der Waals surface area contributed by atoms with E-state index in [4.69, 9.17) is 0 Å². The van der Waals surface area contributed by atoms with Crippen LogP contribution in [0.15, 0.2) is 40.3 Å². The average molecular weight is 177 g/mol. The van der Waals surface area contributed by atoms with Gasteiger partial charge < -0.3 is 0 Å². The average Bonchev–Trinajstić information content (AvgIpc) is 2.33. The number of fused-ring (bicyclic) bond motifs is 1. The first-order chi connectivity index (χ1) is 4.47. The van der Waals surface area contributed by atoms with E-state index in [1.165, 1.54) is 11.1 Å². The Morgan fingerprint density at radius 2 is 2.33 bits per heavy atom. The molecule has 2 aliphatic rings. The number of rotatable bonds is 0. The van der Waals surface area contributed by atoms with Crippen LogP contribution in [0.3, 0.4) is 0 Å². The van der Waals surface area contributed by atoms with Gasteiger partial charge in [-0.3, -0.25) is 0 Å². The Labute approximate surface area is 61.3 Å². The monoisotopic (exact) mass is 177 g/mol. The van der Waals surface area contributed by atoms with E-state index in [1.807, 2.05) is 0 Å². The van der Waals surface area contributed by atoms with Crippen LogP contribution >= 0.6 is 0 Å². The minimum absolute atomic E-state index is 0.00565. The second kappa shape index (κ2) is 2.04. The summed E-state index contributed by atoms with van der Waals surface area (Å²) in [5, 5.41) is 0. The molecule has 1 heteroatoms. The van der Waals surface area contributed by atoms with Crippen LogP contribution in [0.25, 0.3) is 0 Å². The molecule has 2 rings (SSSR count). The third-order valence-electron chi connectivity index (χ3n) is 1.40. The van der Waals surface area contributed by atoms with Gasteiger partial charge >= 0.3 is 60.9 Å². The molecule has 0 bridgehead atoms. The van der Waals surface area contributed by atoms with Crippen LogP contribution in [0.4, 0.5) is 0 Å². The van der Waals surface area contributed by atoms with Crippen LogP contribution in [0, 0.1) is 4.86 Å². The molecule has 0 spiro atoms. The van der Waals surface area contributed by atoms with E-state index in [0.717, 1.165) is 0 Å². The molecule has 1 heterocycles. The summed E-state index contributed by atoms with van der Waals surface area (Å²) >= 11 is 0.00565. The first-order valence-corrected chi connectivity index (χ1v) is 5.17. The van der Waals surface area contributed by atoms with Crippen molar-refractivity contribution in [2.24, 2.45) is 0 Å². The van der Waals surface area contributed by atoms with Crippen molar-refractivity contribution < 1.29 is 0 Å². The summed E-state index contributed by atoms with van der Waals surface area (Å²) in [6.45, 7) is 0. The summed E-state index contributed by atoms with van der Waals surface area (Å²) in [6.07, 6.45) is 8.54. The molecule has 0 fully saturated rings. The molecule has 0 nitrogen and oxygen atoms in total. The Hall–Kier alpha value is -0.482. The van der Waals surface area contributed by atoms with Crippen molar-refractivity contribution in [2.75, 3.05) is 0 Å². The predicted octanol–water partition coefficient (Wildman–Crippen LogP) is 1.13. The summed E-state index contributed by atoms with van der Waals surface area (Å²) < 4.78 is 0. The van der Waals surface area contributed by atoms with E-state index in [0.29, 0.717) is 0 Å². The fourth-order valence-corrected chi connectivity index (χ4v) is 2.47. The molecule has 0 saturated heterocycles. The van der Waals surface area contributed by atoms with Crippen LogP contribution in [0.2, 0.25) is 0 Å². The molecule has 1 aliphatic heterocycles. The summed E-state index contributed by atoms with van der Waals surface area (Å²) in [5.74, 6) is 0. The van der Waals surface area contributed by atoms with Gasteiger partial charge in [0.15, 0.2) is 0 Å². The number of allylic oxidation sites excluding steroid dienone is 6. The van der Waals surface area contributed by atoms with Gasteiger partial charge in [-0.05, 0) is 0 Å². The van der Waals surface area contributed by atoms with E-state index >= 15 is 0 Å². The van der Waals surface area contributed by atoms with Crippen LogP contribution in [-0.4, -0.2) is 15.8 Å². The summed E-state index contributed by atoms with van der Waals surface area (Å²) in [4.78, 5) is 5.63. The van der Waals surface area contributed by atoms with Gasteiger partial charge in [-0.2, -0.15) is 0 Å². The number of hydrogen-bond acceptors (Lipinski definition) is 0. The zero-order chi connectivity index (χ0) is 6.10. The summed E-state index contributed by atoms with van der Waals surface area (Å²) in [5.41, 5.74) is 2.66. The molecule has 1 unspecified atom stereocenters. The molecule has 0 aromatic rings. The van der Waals surface area contributed by atoms with Gasteiger partial charge in [-0.15, -0.1) is 0 Å². The van der Waals surface area contributed by atoms with Gasteiger partial charge in [0.05, 0.1) is 0 Å². The molecule has 0 amide bonds. The Bertz CT molecular complexity index is 241. The Morgan fingerprint density at radius 1 is 1.33 bits per heavy atom. The second-order valence-corrected chi connectivity index (χ2v) is 3.83. The van der Waals surface area contributed by atoms with Crippen molar-refractivity contribution in [3.8, 4) is 0 Å². The van der Waals surface area contributed by atoms with Crippen LogP contribution in [-0.2, 0) is 0 Å². The van der Waals surface area contributed by atoms with Crippen molar-refractivity contribution in [3.05, 3.63) is 45.2 Å². The SMILES string of the molecule is [C]1=C2C=CC=C2C=C[AsH]1. The predicted molar refractivity (Wildman–Crippen MR) is 40.3 cm³/mol. The standard InChI is InChI=1S/C8H6As/c1-2-7-4-5-9-6-8(7)3-1/h1-5,9H. The molecule has 0 aromatic carbocycles. The van der Waals surface area contributed by atoms with E-state index in [-0.39, 0.29) is 15.8 Å². The van der Waals surface area contributed by atoms with E-state index < -0.39 is 0 Å². The van der Waals surface area contributed by atoms with Gasteiger partial charge in [-0.1, -0.05) is 0 Å². The topological polar surface area (TPSA) is 0 Å². The Balaban J connectivity index is 2.46. The quantitative estimate of drug-likeness (QED) is 0.486. The van der Waals surface area contributed by atoms with Gasteiger partial charge in [0.25, 0.3) is 0 Å². The maximum absolute atomic E-state index is 3.38. The van der Waals surface area contributed by atoms with Crippen LogP contribution in [0.1, 0.15) is 0 Å². The first kappa shape index (κ1) is 5.31. The molecule has 9 heavy (non-hydrogen) atoms. The Morgan fingerprint density at radius 3 is 3.22 bits per heavy atom. The normalized spacial score (nSPS) is 24.0. The fourth-order valence-electron chi connectivity index (χ4n) is 0.944. The summed E-state index contributed by atoms with van der Waals surface area (Å²) in [7, 11) is 0. The van der Waals surface area contributed by atoms with E-state index in [1.54, 1.807) is 0 Å². The molecule has 1 atom stereocenters. The van der Waals surface area contributed by atoms with E-state index in [2.05, 4.69) is 34.0 Å². The van der Waals surface area contributed by atoms with E-state index in [9.17, 15) is 0 Å². The molecule has 0 aromatic heterocycles. The molecular formula is C8H6As. The third kappa shape index (κ3) is 0.839. The zero-order valence-electron chi connectivity index (χ0n) is 4.89. The first-order valence-electron chi connectivity index (χ1n) is 2.90. The van der Waals surface area contributed by atoms with Crippen molar-refractivity contribution in [2.45, 2.75) is 0 Å². The molecule has 0 saturated carbocycles. The van der Waals surface area contributed by atoms with Gasteiger partial charge in [0.1, 0.15) is 0 Å². The molecule has 43 valence electrons. The van der Waals surface area contributed by atoms with Crippen molar-refractivity contribution in [3.63, 3.8) is 0 Å². The molecular weight excluding hydrogens is 171 g/mol. The van der Waals surface area contributed by atoms with Crippen LogP contribution in [0.5, 0.6) is 0 Å². The second-order valence-electron chi connectivity index (χ2n) is 2.00. The third-order valence-corrected chi connectivity index (χ3v) is 2.97. The Kier molecular flexibility index (Phi) is 1.20. The fraction of sp³-hybridized carbons (Fsp3) is 0. The van der Waals surface area contributed by atoms with Crippen LogP contribution < -0.4 is 0 Å². The molecule has 0 N–H and O–H groups in total. The van der Waals surface area contributed by atoms with Crippen molar-refractivity contribution in [1.29, 1.82) is 0 Å². The maximum atomic E-state index is 3.38. The van der Waals surface area contributed by atoms with Gasteiger partial charge in [-0.25, -0.2) is 0 Å². The minimum atomic E-state index is 0.00565. The molecule has 1 aliphatic carbocycles. The molecule has 1 radical (unpaired) electrons. The van der Waals surface area contributed by atoms with Gasteiger partial charge in [0.2, 0.25) is 0 Å². The summed E-state index contributed by atoms with van der Waals surface area (Å²) in [6, 6.07) is 0. The zero-order valence-corrected chi connectivity index (χ0v) is 6.98. The number of hydrogen-bond donors (Lipinski definition) is 0. The van der Waals surface area contributed by atoms with Crippen molar-refractivity contribution >= 4 is 15.8 Å². The van der Waals surface area contributed by atoms with Gasteiger partial charge in [0, 0.05) is 0 Å².